The van der Waals surface area contributed by atoms with Gasteiger partial charge in [0, 0.05) is 38.3 Å². The molecule has 0 aromatic carbocycles. The molecule has 5 nitrogen and oxygen atoms in total. The molecule has 0 aliphatic heterocycles. The van der Waals surface area contributed by atoms with Gasteiger partial charge in [-0.1, -0.05) is 6.07 Å². The molecule has 0 radical (unpaired) electrons. The number of likely N-dealkylation sites (N-methyl/N-ethyl adjacent to an activating group) is 1. The average Bonchev–Trinajstić information content (AvgIpc) is 2.41. The highest BCUT2D eigenvalue weighted by atomic mass is 16.6. The number of carbonyl (C=O) groups is 2. The second-order valence-corrected chi connectivity index (χ2v) is 5.97. The Morgan fingerprint density at radius 2 is 1.95 bits per heavy atom. The van der Waals surface area contributed by atoms with E-state index in [2.05, 4.69) is 4.98 Å². The minimum Gasteiger partial charge on any atom is -0.460 e. The zero-order valence-electron chi connectivity index (χ0n) is 13.3. The van der Waals surface area contributed by atoms with Crippen molar-refractivity contribution < 1.29 is 14.3 Å². The topological polar surface area (TPSA) is 59.5 Å². The molecule has 1 aromatic rings. The van der Waals surface area contributed by atoms with Crippen molar-refractivity contribution in [3.63, 3.8) is 0 Å². The van der Waals surface area contributed by atoms with Crippen LogP contribution >= 0.6 is 0 Å². The van der Waals surface area contributed by atoms with Gasteiger partial charge in [0.25, 0.3) is 0 Å². The summed E-state index contributed by atoms with van der Waals surface area (Å²) in [5, 5.41) is 0. The van der Waals surface area contributed by atoms with Crippen molar-refractivity contribution in [3.8, 4) is 0 Å². The molecule has 0 aliphatic rings. The molecule has 0 saturated carbocycles. The molecule has 0 N–H and O–H groups in total. The lowest BCUT2D eigenvalue weighted by atomic mass is 10.2. The number of aromatic nitrogens is 1. The first-order chi connectivity index (χ1) is 9.78. The molecule has 0 bridgehead atoms. The first-order valence-corrected chi connectivity index (χ1v) is 7.13. The Balaban J connectivity index is 2.30. The predicted octanol–water partition coefficient (Wildman–Crippen LogP) is 2.20. The van der Waals surface area contributed by atoms with Crippen molar-refractivity contribution in [1.29, 1.82) is 0 Å². The summed E-state index contributed by atoms with van der Waals surface area (Å²) in [7, 11) is 1.74. The molecule has 21 heavy (non-hydrogen) atoms. The molecule has 1 heterocycles. The quantitative estimate of drug-likeness (QED) is 0.754. The lowest BCUT2D eigenvalue weighted by molar-refractivity contribution is -0.156. The van der Waals surface area contributed by atoms with Gasteiger partial charge >= 0.3 is 5.97 Å². The van der Waals surface area contributed by atoms with E-state index in [1.54, 1.807) is 18.1 Å². The van der Waals surface area contributed by atoms with Crippen LogP contribution in [0.5, 0.6) is 0 Å². The summed E-state index contributed by atoms with van der Waals surface area (Å²) in [6.45, 7) is 6.02. The second-order valence-electron chi connectivity index (χ2n) is 5.97. The fourth-order valence-corrected chi connectivity index (χ4v) is 1.75. The molecule has 0 atom stereocenters. The van der Waals surface area contributed by atoms with Crippen LogP contribution < -0.4 is 0 Å². The van der Waals surface area contributed by atoms with Gasteiger partial charge < -0.3 is 9.64 Å². The molecule has 1 rings (SSSR count). The SMILES string of the molecule is CN(CCc1ccccn1)C(=O)CCC(=O)OC(C)(C)C. The fraction of sp³-hybridized carbons (Fsp3) is 0.562. The monoisotopic (exact) mass is 292 g/mol. The van der Waals surface area contributed by atoms with Crippen molar-refractivity contribution >= 4 is 11.9 Å². The van der Waals surface area contributed by atoms with Crippen LogP contribution in [-0.4, -0.2) is 41.0 Å². The Bertz CT molecular complexity index is 466. The maximum atomic E-state index is 11.9. The number of pyridine rings is 1. The Morgan fingerprint density at radius 3 is 2.52 bits per heavy atom. The Hall–Kier alpha value is -1.91. The third kappa shape index (κ3) is 7.44. The van der Waals surface area contributed by atoms with Gasteiger partial charge in [-0.2, -0.15) is 0 Å². The lowest BCUT2D eigenvalue weighted by Crippen LogP contribution is -2.30. The first-order valence-electron chi connectivity index (χ1n) is 7.13. The van der Waals surface area contributed by atoms with Crippen LogP contribution in [0.15, 0.2) is 24.4 Å². The zero-order chi connectivity index (χ0) is 15.9. The lowest BCUT2D eigenvalue weighted by Gasteiger charge is -2.20. The molecule has 0 fully saturated rings. The first kappa shape index (κ1) is 17.1. The normalized spacial score (nSPS) is 11.0. The zero-order valence-corrected chi connectivity index (χ0v) is 13.3. The third-order valence-electron chi connectivity index (χ3n) is 2.82. The second kappa shape index (κ2) is 7.76. The Kier molecular flexibility index (Phi) is 6.34. The molecule has 1 aromatic heterocycles. The number of amides is 1. The van der Waals surface area contributed by atoms with Gasteiger partial charge in [-0.3, -0.25) is 14.6 Å². The summed E-state index contributed by atoms with van der Waals surface area (Å²) in [5.74, 6) is -0.397. The van der Waals surface area contributed by atoms with Gasteiger partial charge in [-0.15, -0.1) is 0 Å². The molecule has 5 heteroatoms. The number of hydrogen-bond donors (Lipinski definition) is 0. The number of rotatable bonds is 6. The predicted molar refractivity (Wildman–Crippen MR) is 80.7 cm³/mol. The van der Waals surface area contributed by atoms with Crippen LogP contribution in [0.2, 0.25) is 0 Å². The molecule has 0 spiro atoms. The molecule has 116 valence electrons. The van der Waals surface area contributed by atoms with E-state index in [9.17, 15) is 9.59 Å². The number of hydrogen-bond acceptors (Lipinski definition) is 4. The summed E-state index contributed by atoms with van der Waals surface area (Å²) in [6.07, 6.45) is 2.73. The van der Waals surface area contributed by atoms with E-state index in [-0.39, 0.29) is 24.7 Å². The molecule has 1 amide bonds. The van der Waals surface area contributed by atoms with Crippen LogP contribution in [0, 0.1) is 0 Å². The van der Waals surface area contributed by atoms with Gasteiger partial charge in [0.2, 0.25) is 5.91 Å². The van der Waals surface area contributed by atoms with Gasteiger partial charge in [0.05, 0.1) is 6.42 Å². The van der Waals surface area contributed by atoms with E-state index in [1.807, 2.05) is 39.0 Å². The standard InChI is InChI=1S/C16H24N2O3/c1-16(2,3)21-15(20)9-8-14(19)18(4)12-10-13-7-5-6-11-17-13/h5-7,11H,8-10,12H2,1-4H3. The summed E-state index contributed by atoms with van der Waals surface area (Å²) >= 11 is 0. The molecule has 0 unspecified atom stereocenters. The van der Waals surface area contributed by atoms with Gasteiger partial charge in [-0.05, 0) is 32.9 Å². The summed E-state index contributed by atoms with van der Waals surface area (Å²) in [5.41, 5.74) is 0.440. The van der Waals surface area contributed by atoms with Crippen LogP contribution in [0.25, 0.3) is 0 Å². The number of nitrogens with zero attached hydrogens (tertiary/aromatic N) is 2. The molecule has 0 saturated heterocycles. The van der Waals surface area contributed by atoms with E-state index in [1.165, 1.54) is 0 Å². The van der Waals surface area contributed by atoms with Crippen molar-refractivity contribution in [1.82, 2.24) is 9.88 Å². The van der Waals surface area contributed by atoms with Crippen LogP contribution in [-0.2, 0) is 20.7 Å². The van der Waals surface area contributed by atoms with Gasteiger partial charge in [0.1, 0.15) is 5.60 Å². The van der Waals surface area contributed by atoms with E-state index in [4.69, 9.17) is 4.74 Å². The average molecular weight is 292 g/mol. The van der Waals surface area contributed by atoms with Crippen molar-refractivity contribution in [2.75, 3.05) is 13.6 Å². The number of ether oxygens (including phenoxy) is 1. The third-order valence-corrected chi connectivity index (χ3v) is 2.82. The molecular weight excluding hydrogens is 268 g/mol. The largest absolute Gasteiger partial charge is 0.460 e. The van der Waals surface area contributed by atoms with Gasteiger partial charge in [0.15, 0.2) is 0 Å². The van der Waals surface area contributed by atoms with Crippen LogP contribution in [0.4, 0.5) is 0 Å². The van der Waals surface area contributed by atoms with Crippen molar-refractivity contribution in [3.05, 3.63) is 30.1 Å². The maximum absolute atomic E-state index is 11.9. The van der Waals surface area contributed by atoms with E-state index >= 15 is 0 Å². The highest BCUT2D eigenvalue weighted by molar-refractivity contribution is 5.81. The molecular formula is C16H24N2O3. The van der Waals surface area contributed by atoms with E-state index in [0.29, 0.717) is 13.0 Å². The number of esters is 1. The summed E-state index contributed by atoms with van der Waals surface area (Å²) in [4.78, 5) is 29.3. The molecule has 0 aliphatic carbocycles. The minimum absolute atomic E-state index is 0.0585. The number of carbonyl (C=O) groups excluding carboxylic acids is 2. The summed E-state index contributed by atoms with van der Waals surface area (Å²) in [6, 6.07) is 5.71. The minimum atomic E-state index is -0.509. The van der Waals surface area contributed by atoms with Crippen LogP contribution in [0.3, 0.4) is 0 Å². The highest BCUT2D eigenvalue weighted by Crippen LogP contribution is 2.09. The van der Waals surface area contributed by atoms with E-state index < -0.39 is 5.60 Å². The van der Waals surface area contributed by atoms with Crippen LogP contribution in [0.1, 0.15) is 39.3 Å². The summed E-state index contributed by atoms with van der Waals surface area (Å²) < 4.78 is 5.18. The highest BCUT2D eigenvalue weighted by Gasteiger charge is 2.18. The maximum Gasteiger partial charge on any atom is 0.306 e. The Labute approximate surface area is 126 Å². The van der Waals surface area contributed by atoms with Gasteiger partial charge in [-0.25, -0.2) is 0 Å². The van der Waals surface area contributed by atoms with E-state index in [0.717, 1.165) is 5.69 Å². The smallest absolute Gasteiger partial charge is 0.306 e. The fourth-order valence-electron chi connectivity index (χ4n) is 1.75. The Morgan fingerprint density at radius 1 is 1.24 bits per heavy atom. The van der Waals surface area contributed by atoms with Crippen molar-refractivity contribution in [2.24, 2.45) is 0 Å². The van der Waals surface area contributed by atoms with Crippen molar-refractivity contribution in [2.45, 2.75) is 45.6 Å².